The van der Waals surface area contributed by atoms with Crippen LogP contribution in [0.1, 0.15) is 76.5 Å². The molecule has 1 aromatic rings. The first-order valence-electron chi connectivity index (χ1n) is 11.3. The van der Waals surface area contributed by atoms with E-state index in [0.29, 0.717) is 11.8 Å². The molecule has 0 aromatic carbocycles. The van der Waals surface area contributed by atoms with Gasteiger partial charge in [0.05, 0.1) is 6.04 Å². The first-order chi connectivity index (χ1) is 13.2. The van der Waals surface area contributed by atoms with Crippen LogP contribution in [0, 0.1) is 5.92 Å². The molecule has 0 unspecified atom stereocenters. The van der Waals surface area contributed by atoms with E-state index in [1.54, 1.807) is 0 Å². The molecule has 150 valence electrons. The molecular weight excluding hydrogens is 336 g/mol. The Morgan fingerprint density at radius 1 is 1.04 bits per heavy atom. The maximum Gasteiger partial charge on any atom is 0.239 e. The van der Waals surface area contributed by atoms with Crippen molar-refractivity contribution in [2.24, 2.45) is 5.92 Å². The van der Waals surface area contributed by atoms with E-state index in [1.807, 2.05) is 6.20 Å². The van der Waals surface area contributed by atoms with Crippen LogP contribution in [0.25, 0.3) is 0 Å². The lowest BCUT2D eigenvalue weighted by atomic mass is 9.85. The number of hydrogen-bond donors (Lipinski definition) is 0. The summed E-state index contributed by atoms with van der Waals surface area (Å²) in [5, 5.41) is 0. The molecule has 1 amide bonds. The molecule has 1 aromatic heterocycles. The van der Waals surface area contributed by atoms with Crippen LogP contribution in [0.2, 0.25) is 0 Å². The number of carbonyl (C=O) groups excluding carboxylic acids is 1. The fraction of sp³-hybridized carbons (Fsp3) is 0.818. The number of amides is 1. The topological polar surface area (TPSA) is 41.4 Å². The number of carbonyl (C=O) groups is 1. The number of hydrogen-bond acceptors (Lipinski definition) is 3. The number of piperidine rings is 1. The average Bonchev–Trinajstić information content (AvgIpc) is 2.95. The Kier molecular flexibility index (Phi) is 6.16. The molecule has 3 fully saturated rings. The van der Waals surface area contributed by atoms with E-state index < -0.39 is 0 Å². The first-order valence-corrected chi connectivity index (χ1v) is 11.3. The molecule has 2 saturated heterocycles. The second-order valence-electron chi connectivity index (χ2n) is 8.96. The highest BCUT2D eigenvalue weighted by molar-refractivity contribution is 5.81. The van der Waals surface area contributed by atoms with E-state index in [-0.39, 0.29) is 6.04 Å². The summed E-state index contributed by atoms with van der Waals surface area (Å²) in [6, 6.07) is 0.0266. The summed E-state index contributed by atoms with van der Waals surface area (Å²) >= 11 is 0. The molecule has 5 nitrogen and oxygen atoms in total. The third-order valence-electron chi connectivity index (χ3n) is 7.14. The van der Waals surface area contributed by atoms with Crippen LogP contribution in [0.15, 0.2) is 12.4 Å². The molecule has 1 atom stereocenters. The summed E-state index contributed by atoms with van der Waals surface area (Å²) in [4.78, 5) is 22.2. The minimum Gasteiger partial charge on any atom is -0.341 e. The van der Waals surface area contributed by atoms with Crippen LogP contribution in [0.5, 0.6) is 0 Å². The van der Waals surface area contributed by atoms with Crippen molar-refractivity contribution in [1.29, 1.82) is 0 Å². The van der Waals surface area contributed by atoms with Crippen LogP contribution in [-0.2, 0) is 11.3 Å². The van der Waals surface area contributed by atoms with E-state index >= 15 is 0 Å². The van der Waals surface area contributed by atoms with Gasteiger partial charge in [0.15, 0.2) is 0 Å². The van der Waals surface area contributed by atoms with Crippen molar-refractivity contribution in [3.63, 3.8) is 0 Å². The number of imidazole rings is 1. The molecule has 0 spiro atoms. The van der Waals surface area contributed by atoms with Crippen molar-refractivity contribution >= 4 is 5.91 Å². The second-order valence-corrected chi connectivity index (χ2v) is 8.96. The van der Waals surface area contributed by atoms with Gasteiger partial charge in [0.2, 0.25) is 5.91 Å². The molecule has 1 aliphatic carbocycles. The highest BCUT2D eigenvalue weighted by atomic mass is 16.2. The smallest absolute Gasteiger partial charge is 0.239 e. The molecule has 5 heteroatoms. The summed E-state index contributed by atoms with van der Waals surface area (Å²) in [5.41, 5.74) is 0. The van der Waals surface area contributed by atoms with Gasteiger partial charge in [-0.3, -0.25) is 9.69 Å². The van der Waals surface area contributed by atoms with E-state index in [0.717, 1.165) is 51.5 Å². The fourth-order valence-corrected chi connectivity index (χ4v) is 5.04. The van der Waals surface area contributed by atoms with Gasteiger partial charge < -0.3 is 9.47 Å². The van der Waals surface area contributed by atoms with Gasteiger partial charge in [-0.05, 0) is 64.5 Å². The van der Waals surface area contributed by atoms with E-state index in [9.17, 15) is 4.79 Å². The number of nitrogens with zero attached hydrogens (tertiary/aromatic N) is 4. The summed E-state index contributed by atoms with van der Waals surface area (Å²) in [6.07, 6.45) is 15.5. The van der Waals surface area contributed by atoms with Gasteiger partial charge in [0.25, 0.3) is 0 Å². The fourth-order valence-electron chi connectivity index (χ4n) is 5.04. The van der Waals surface area contributed by atoms with Crippen LogP contribution in [0.3, 0.4) is 0 Å². The van der Waals surface area contributed by atoms with Gasteiger partial charge >= 0.3 is 0 Å². The molecule has 4 rings (SSSR count). The number of rotatable bonds is 5. The van der Waals surface area contributed by atoms with Crippen molar-refractivity contribution in [2.45, 2.75) is 83.2 Å². The first kappa shape index (κ1) is 19.0. The average molecular weight is 373 g/mol. The van der Waals surface area contributed by atoms with Gasteiger partial charge in [-0.1, -0.05) is 19.3 Å². The SMILES string of the molecule is C[C@H](C(=O)N1CCCCCC1)N1CCC(c2nccn2CC2CCC2)CC1. The van der Waals surface area contributed by atoms with Gasteiger partial charge in [-0.15, -0.1) is 0 Å². The molecule has 0 radical (unpaired) electrons. The largest absolute Gasteiger partial charge is 0.341 e. The summed E-state index contributed by atoms with van der Waals surface area (Å²) < 4.78 is 2.41. The van der Waals surface area contributed by atoms with Crippen molar-refractivity contribution in [3.05, 3.63) is 18.2 Å². The Bertz CT molecular complexity index is 608. The Labute approximate surface area is 164 Å². The summed E-state index contributed by atoms with van der Waals surface area (Å²) in [5.74, 6) is 3.05. The van der Waals surface area contributed by atoms with Crippen LogP contribution >= 0.6 is 0 Å². The molecule has 0 bridgehead atoms. The van der Waals surface area contributed by atoms with Crippen LogP contribution in [0.4, 0.5) is 0 Å². The van der Waals surface area contributed by atoms with E-state index in [2.05, 4.69) is 27.5 Å². The molecule has 1 saturated carbocycles. The minimum absolute atomic E-state index is 0.0266. The number of aromatic nitrogens is 2. The Morgan fingerprint density at radius 2 is 1.74 bits per heavy atom. The predicted octanol–water partition coefficient (Wildman–Crippen LogP) is 3.65. The predicted molar refractivity (Wildman–Crippen MR) is 108 cm³/mol. The van der Waals surface area contributed by atoms with Gasteiger partial charge in [0.1, 0.15) is 5.82 Å². The zero-order valence-electron chi connectivity index (χ0n) is 17.0. The molecule has 3 aliphatic rings. The maximum atomic E-state index is 12.9. The number of likely N-dealkylation sites (tertiary alicyclic amines) is 2. The molecule has 0 N–H and O–H groups in total. The maximum absolute atomic E-state index is 12.9. The Hall–Kier alpha value is -1.36. The van der Waals surface area contributed by atoms with Crippen molar-refractivity contribution in [1.82, 2.24) is 19.4 Å². The van der Waals surface area contributed by atoms with E-state index in [4.69, 9.17) is 4.98 Å². The Balaban J connectivity index is 1.30. The molecule has 2 aliphatic heterocycles. The third kappa shape index (κ3) is 4.39. The van der Waals surface area contributed by atoms with Crippen molar-refractivity contribution in [3.8, 4) is 0 Å². The molecular formula is C22H36N4O. The zero-order chi connectivity index (χ0) is 18.6. The quantitative estimate of drug-likeness (QED) is 0.792. The molecule has 27 heavy (non-hydrogen) atoms. The standard InChI is InChI=1S/C22H36N4O/c1-18(22(27)25-12-4-2-3-5-13-25)24-14-9-20(10-15-24)21-23-11-16-26(21)17-19-7-6-8-19/h11,16,18-20H,2-10,12-15,17H2,1H3/t18-/m1/s1. The van der Waals surface area contributed by atoms with Gasteiger partial charge in [-0.2, -0.15) is 0 Å². The monoisotopic (exact) mass is 372 g/mol. The minimum atomic E-state index is 0.0266. The lowest BCUT2D eigenvalue weighted by Crippen LogP contribution is -2.49. The highest BCUT2D eigenvalue weighted by Crippen LogP contribution is 2.32. The van der Waals surface area contributed by atoms with Gasteiger partial charge in [0, 0.05) is 37.9 Å². The second kappa shape index (κ2) is 8.76. The summed E-state index contributed by atoms with van der Waals surface area (Å²) in [7, 11) is 0. The lowest BCUT2D eigenvalue weighted by Gasteiger charge is -2.37. The Morgan fingerprint density at radius 3 is 2.37 bits per heavy atom. The van der Waals surface area contributed by atoms with Crippen LogP contribution < -0.4 is 0 Å². The summed E-state index contributed by atoms with van der Waals surface area (Å²) in [6.45, 7) is 7.21. The van der Waals surface area contributed by atoms with Gasteiger partial charge in [-0.25, -0.2) is 4.98 Å². The van der Waals surface area contributed by atoms with Crippen LogP contribution in [-0.4, -0.2) is 57.5 Å². The van der Waals surface area contributed by atoms with Crippen molar-refractivity contribution < 1.29 is 4.79 Å². The van der Waals surface area contributed by atoms with Crippen molar-refractivity contribution in [2.75, 3.05) is 26.2 Å². The zero-order valence-corrected chi connectivity index (χ0v) is 17.0. The highest BCUT2D eigenvalue weighted by Gasteiger charge is 2.31. The molecule has 3 heterocycles. The third-order valence-corrected chi connectivity index (χ3v) is 7.14. The normalized spacial score (nSPS) is 24.4. The lowest BCUT2D eigenvalue weighted by molar-refractivity contribution is -0.136. The van der Waals surface area contributed by atoms with E-state index in [1.165, 1.54) is 50.8 Å².